The van der Waals surface area contributed by atoms with Crippen molar-refractivity contribution >= 4 is 0 Å². The molecule has 2 nitrogen and oxygen atoms in total. The number of allylic oxidation sites excluding steroid dienone is 2. The first kappa shape index (κ1) is 9.75. The van der Waals surface area contributed by atoms with Crippen LogP contribution in [0.5, 0.6) is 0 Å². The fourth-order valence-corrected chi connectivity index (χ4v) is 2.66. The van der Waals surface area contributed by atoms with Gasteiger partial charge in [0.15, 0.2) is 0 Å². The number of hydrogen-bond acceptors (Lipinski definition) is 2. The largest absolute Gasteiger partial charge is 0.255 e. The Bertz CT molecular complexity index is 194. The Morgan fingerprint density at radius 3 is 2.25 bits per heavy atom. The molecule has 0 radical (unpaired) electrons. The average Bonchev–Trinajstić information content (AvgIpc) is 2.07. The molecular formula is C10H18O2. The molecule has 0 spiro atoms. The van der Waals surface area contributed by atoms with Crippen molar-refractivity contribution in [2.24, 2.45) is 17.3 Å². The van der Waals surface area contributed by atoms with Crippen molar-refractivity contribution in [3.8, 4) is 0 Å². The number of rotatable bonds is 0. The third kappa shape index (κ3) is 1.19. The van der Waals surface area contributed by atoms with Gasteiger partial charge >= 0.3 is 0 Å². The van der Waals surface area contributed by atoms with Crippen LogP contribution >= 0.6 is 0 Å². The number of fused-ring (bicyclic) bond motifs is 1. The van der Waals surface area contributed by atoms with Crippen molar-refractivity contribution in [3.63, 3.8) is 0 Å². The fraction of sp³-hybridized carbons (Fsp3) is 0.800. The van der Waals surface area contributed by atoms with Gasteiger partial charge in [-0.15, -0.1) is 0 Å². The standard InChI is InChI=1S/C10H16.H2O2/c1-7-4-5-8-6-9(7)10(8,2)3;1-2/h4,8-9H,5-6H2,1-3H3;1-2H. The minimum Gasteiger partial charge on any atom is -0.255 e. The monoisotopic (exact) mass is 170 g/mol. The minimum atomic E-state index is 0.638. The highest BCUT2D eigenvalue weighted by Crippen LogP contribution is 2.58. The molecule has 3 aliphatic rings. The van der Waals surface area contributed by atoms with Crippen molar-refractivity contribution in [3.05, 3.63) is 11.6 Å². The molecule has 0 amide bonds. The highest BCUT2D eigenvalue weighted by atomic mass is 17.0. The average molecular weight is 170 g/mol. The van der Waals surface area contributed by atoms with Crippen LogP contribution in [0.4, 0.5) is 0 Å². The summed E-state index contributed by atoms with van der Waals surface area (Å²) in [6.45, 7) is 7.13. The van der Waals surface area contributed by atoms with Crippen LogP contribution in [-0.2, 0) is 0 Å². The van der Waals surface area contributed by atoms with Crippen LogP contribution in [0.2, 0.25) is 0 Å². The lowest BCUT2D eigenvalue weighted by Gasteiger charge is -2.56. The molecule has 0 saturated heterocycles. The molecule has 2 heteroatoms. The Kier molecular flexibility index (Phi) is 2.59. The Balaban J connectivity index is 0.000000336. The molecular weight excluding hydrogens is 152 g/mol. The van der Waals surface area contributed by atoms with Gasteiger partial charge in [-0.25, -0.2) is 0 Å². The van der Waals surface area contributed by atoms with E-state index in [9.17, 15) is 0 Å². The van der Waals surface area contributed by atoms with E-state index in [1.165, 1.54) is 12.8 Å². The second-order valence-electron chi connectivity index (χ2n) is 4.49. The minimum absolute atomic E-state index is 0.638. The van der Waals surface area contributed by atoms with Crippen molar-refractivity contribution < 1.29 is 10.5 Å². The van der Waals surface area contributed by atoms with Gasteiger partial charge in [0.2, 0.25) is 0 Å². The second-order valence-corrected chi connectivity index (χ2v) is 4.49. The van der Waals surface area contributed by atoms with Crippen molar-refractivity contribution in [1.82, 2.24) is 0 Å². The van der Waals surface area contributed by atoms with Crippen molar-refractivity contribution in [2.45, 2.75) is 33.6 Å². The van der Waals surface area contributed by atoms with Gasteiger partial charge in [-0.05, 0) is 37.0 Å². The summed E-state index contributed by atoms with van der Waals surface area (Å²) in [7, 11) is 0. The maximum absolute atomic E-state index is 6.00. The summed E-state index contributed by atoms with van der Waals surface area (Å²) in [5.41, 5.74) is 2.28. The van der Waals surface area contributed by atoms with Crippen molar-refractivity contribution in [2.75, 3.05) is 0 Å². The highest BCUT2D eigenvalue weighted by molar-refractivity contribution is 5.21. The van der Waals surface area contributed by atoms with Gasteiger partial charge in [-0.1, -0.05) is 25.5 Å². The topological polar surface area (TPSA) is 40.5 Å². The van der Waals surface area contributed by atoms with Gasteiger partial charge in [-0.2, -0.15) is 0 Å². The van der Waals surface area contributed by atoms with Crippen LogP contribution in [0.15, 0.2) is 11.6 Å². The molecule has 2 N–H and O–H groups in total. The molecule has 2 bridgehead atoms. The van der Waals surface area contributed by atoms with Crippen LogP contribution in [0.25, 0.3) is 0 Å². The Hall–Kier alpha value is -0.340. The quantitative estimate of drug-likeness (QED) is 0.333. The summed E-state index contributed by atoms with van der Waals surface area (Å²) in [5.74, 6) is 1.92. The predicted molar refractivity (Wildman–Crippen MR) is 49.0 cm³/mol. The second kappa shape index (κ2) is 3.19. The van der Waals surface area contributed by atoms with Crippen LogP contribution in [0, 0.1) is 17.3 Å². The fourth-order valence-electron chi connectivity index (χ4n) is 2.66. The molecule has 12 heavy (non-hydrogen) atoms. The molecule has 0 aromatic rings. The summed E-state index contributed by atoms with van der Waals surface area (Å²) in [6.07, 6.45) is 5.24. The van der Waals surface area contributed by atoms with E-state index >= 15 is 0 Å². The van der Waals surface area contributed by atoms with Gasteiger partial charge in [0, 0.05) is 0 Å². The lowest BCUT2D eigenvalue weighted by Crippen LogP contribution is -2.47. The lowest BCUT2D eigenvalue weighted by molar-refractivity contribution is -0.176. The molecule has 0 aromatic heterocycles. The van der Waals surface area contributed by atoms with Gasteiger partial charge in [-0.3, -0.25) is 10.5 Å². The summed E-state index contributed by atoms with van der Waals surface area (Å²) >= 11 is 0. The van der Waals surface area contributed by atoms with Crippen LogP contribution in [-0.4, -0.2) is 10.5 Å². The SMILES string of the molecule is CC1=CCC2CC1C2(C)C.OO. The zero-order valence-corrected chi connectivity index (χ0v) is 8.04. The molecule has 1 saturated carbocycles. The zero-order chi connectivity index (χ0) is 9.35. The highest BCUT2D eigenvalue weighted by Gasteiger charge is 2.49. The van der Waals surface area contributed by atoms with E-state index in [0.29, 0.717) is 5.41 Å². The molecule has 2 unspecified atom stereocenters. The van der Waals surface area contributed by atoms with Crippen LogP contribution < -0.4 is 0 Å². The first-order chi connectivity index (χ1) is 5.62. The summed E-state index contributed by atoms with van der Waals surface area (Å²) in [5, 5.41) is 12.0. The normalized spacial score (nSPS) is 35.6. The van der Waals surface area contributed by atoms with Gasteiger partial charge < -0.3 is 0 Å². The van der Waals surface area contributed by atoms with E-state index < -0.39 is 0 Å². The summed E-state index contributed by atoms with van der Waals surface area (Å²) in [6, 6.07) is 0. The van der Waals surface area contributed by atoms with E-state index in [1.54, 1.807) is 5.57 Å². The van der Waals surface area contributed by atoms with Crippen LogP contribution in [0.1, 0.15) is 33.6 Å². The molecule has 3 rings (SSSR count). The van der Waals surface area contributed by atoms with E-state index in [-0.39, 0.29) is 0 Å². The molecule has 0 heterocycles. The number of hydrogen-bond donors (Lipinski definition) is 2. The lowest BCUT2D eigenvalue weighted by atomic mass is 9.49. The Morgan fingerprint density at radius 2 is 2.00 bits per heavy atom. The molecule has 3 aliphatic carbocycles. The van der Waals surface area contributed by atoms with E-state index in [1.807, 2.05) is 0 Å². The molecule has 70 valence electrons. The zero-order valence-electron chi connectivity index (χ0n) is 8.04. The van der Waals surface area contributed by atoms with Gasteiger partial charge in [0.1, 0.15) is 0 Å². The summed E-state index contributed by atoms with van der Waals surface area (Å²) < 4.78 is 0. The Morgan fingerprint density at radius 1 is 1.42 bits per heavy atom. The first-order valence-corrected chi connectivity index (χ1v) is 4.49. The molecule has 2 atom stereocenters. The van der Waals surface area contributed by atoms with Gasteiger partial charge in [0.25, 0.3) is 0 Å². The molecule has 0 aliphatic heterocycles. The summed E-state index contributed by atoms with van der Waals surface area (Å²) in [4.78, 5) is 0. The third-order valence-corrected chi connectivity index (χ3v) is 3.74. The van der Waals surface area contributed by atoms with E-state index in [2.05, 4.69) is 26.8 Å². The first-order valence-electron chi connectivity index (χ1n) is 4.49. The predicted octanol–water partition coefficient (Wildman–Crippen LogP) is 3.02. The van der Waals surface area contributed by atoms with E-state index in [0.717, 1.165) is 11.8 Å². The Labute approximate surface area is 73.8 Å². The van der Waals surface area contributed by atoms with E-state index in [4.69, 9.17) is 10.5 Å². The van der Waals surface area contributed by atoms with Gasteiger partial charge in [0.05, 0.1) is 0 Å². The third-order valence-electron chi connectivity index (χ3n) is 3.74. The van der Waals surface area contributed by atoms with Crippen LogP contribution in [0.3, 0.4) is 0 Å². The molecule has 0 aromatic carbocycles. The maximum Gasteiger partial charge on any atom is -0.0149 e. The maximum atomic E-state index is 6.00. The van der Waals surface area contributed by atoms with Crippen molar-refractivity contribution in [1.29, 1.82) is 0 Å². The molecule has 1 fully saturated rings. The smallest absolute Gasteiger partial charge is 0.0149 e.